The van der Waals surface area contributed by atoms with Crippen molar-refractivity contribution in [2.75, 3.05) is 0 Å². The minimum atomic E-state index is 0.261. The van der Waals surface area contributed by atoms with Crippen LogP contribution in [0.25, 0.3) is 55.0 Å². The fourth-order valence-electron chi connectivity index (χ4n) is 11.1. The Labute approximate surface area is 317 Å². The van der Waals surface area contributed by atoms with Gasteiger partial charge in [-0.05, 0) is 143 Å². The van der Waals surface area contributed by atoms with Crippen LogP contribution in [0, 0.1) is 17.8 Å². The van der Waals surface area contributed by atoms with Gasteiger partial charge in [-0.1, -0.05) is 152 Å². The van der Waals surface area contributed by atoms with Crippen molar-refractivity contribution in [1.29, 1.82) is 0 Å². The monoisotopic (exact) mass is 688 g/mol. The Morgan fingerprint density at radius 1 is 0.519 bits per heavy atom. The lowest BCUT2D eigenvalue weighted by Crippen LogP contribution is -2.23. The van der Waals surface area contributed by atoms with Gasteiger partial charge in [-0.3, -0.25) is 0 Å². The second-order valence-corrected chi connectivity index (χ2v) is 16.0. The van der Waals surface area contributed by atoms with Crippen LogP contribution in [0.4, 0.5) is 0 Å². The first-order valence-corrected chi connectivity index (χ1v) is 20.0. The Kier molecular flexibility index (Phi) is 6.64. The minimum absolute atomic E-state index is 0.261. The molecule has 256 valence electrons. The number of hydrogen-bond donors (Lipinski definition) is 0. The van der Waals surface area contributed by atoms with E-state index in [-0.39, 0.29) is 11.8 Å². The summed E-state index contributed by atoms with van der Waals surface area (Å²) in [6.07, 6.45) is 35.6. The molecule has 0 N–H and O–H groups in total. The van der Waals surface area contributed by atoms with E-state index in [1.54, 1.807) is 5.57 Å². The van der Waals surface area contributed by atoms with Crippen molar-refractivity contribution in [1.82, 2.24) is 0 Å². The topological polar surface area (TPSA) is 0 Å². The molecule has 0 saturated carbocycles. The first-order chi connectivity index (χ1) is 26.8. The summed E-state index contributed by atoms with van der Waals surface area (Å²) < 4.78 is 0. The molecule has 12 rings (SSSR count). The summed E-state index contributed by atoms with van der Waals surface area (Å²) in [5, 5.41) is 5.38. The number of rotatable bonds is 4. The third kappa shape index (κ3) is 4.26. The molecular weight excluding hydrogens is 649 g/mol. The van der Waals surface area contributed by atoms with Crippen molar-refractivity contribution < 1.29 is 0 Å². The molecule has 0 amide bonds. The molecular formula is C54H40. The smallest absolute Gasteiger partial charge is 0.0221 e. The average Bonchev–Trinajstić information content (AvgIpc) is 3.75. The molecule has 0 nitrogen and oxygen atoms in total. The normalized spacial score (nSPS) is 24.2. The summed E-state index contributed by atoms with van der Waals surface area (Å²) in [5.41, 5.74) is 20.5. The van der Waals surface area contributed by atoms with Gasteiger partial charge < -0.3 is 0 Å². The summed E-state index contributed by atoms with van der Waals surface area (Å²) in [4.78, 5) is 0. The number of allylic oxidation sites excluding steroid dienone is 20. The third-order valence-electron chi connectivity index (χ3n) is 13.2. The first-order valence-electron chi connectivity index (χ1n) is 20.0. The zero-order chi connectivity index (χ0) is 35.3. The molecule has 5 aromatic rings. The standard InChI is InChI=1S/C54H40/c1-5-17-33(18-6-1)41-31-45-51-46(32-42(34-19-7-2-8-20-34)50-40-28-16-15-27-39(40)49(41)54(50)51)53-48(36-23-11-4-12-24-36)44-30-38-26-14-13-25-37(38)29-43(44)47(52(45)53)35-21-9-3-10-22-35/h1,3-7,9-17,19-21,23-33,35,51,54H,2,8,18,22H2. The van der Waals surface area contributed by atoms with Crippen molar-refractivity contribution in [2.45, 2.75) is 31.6 Å². The van der Waals surface area contributed by atoms with Gasteiger partial charge in [-0.15, -0.1) is 0 Å². The molecule has 0 heterocycles. The predicted octanol–water partition coefficient (Wildman–Crippen LogP) is 13.9. The Hall–Kier alpha value is -5.98. The van der Waals surface area contributed by atoms with Gasteiger partial charge >= 0.3 is 0 Å². The zero-order valence-corrected chi connectivity index (χ0v) is 30.3. The van der Waals surface area contributed by atoms with Gasteiger partial charge in [0.25, 0.3) is 0 Å². The Morgan fingerprint density at radius 2 is 1.20 bits per heavy atom. The van der Waals surface area contributed by atoms with E-state index >= 15 is 0 Å². The maximum absolute atomic E-state index is 2.70. The molecule has 0 aromatic heterocycles. The molecule has 5 aromatic carbocycles. The maximum atomic E-state index is 2.70. The summed E-state index contributed by atoms with van der Waals surface area (Å²) in [7, 11) is 0. The van der Waals surface area contributed by atoms with Crippen molar-refractivity contribution in [3.63, 3.8) is 0 Å². The number of fused-ring (bicyclic) bond motifs is 8. The zero-order valence-electron chi connectivity index (χ0n) is 30.3. The van der Waals surface area contributed by atoms with Crippen molar-refractivity contribution in [3.05, 3.63) is 215 Å². The van der Waals surface area contributed by atoms with E-state index in [0.29, 0.717) is 11.8 Å². The third-order valence-corrected chi connectivity index (χ3v) is 13.2. The fourth-order valence-corrected chi connectivity index (χ4v) is 11.1. The van der Waals surface area contributed by atoms with Gasteiger partial charge in [0.05, 0.1) is 0 Å². The van der Waals surface area contributed by atoms with E-state index in [4.69, 9.17) is 0 Å². The van der Waals surface area contributed by atoms with Crippen molar-refractivity contribution in [3.8, 4) is 11.1 Å². The highest BCUT2D eigenvalue weighted by molar-refractivity contribution is 6.19. The summed E-state index contributed by atoms with van der Waals surface area (Å²) >= 11 is 0. The number of benzene rings is 5. The van der Waals surface area contributed by atoms with E-state index in [2.05, 4.69) is 170 Å². The molecule has 7 aliphatic carbocycles. The highest BCUT2D eigenvalue weighted by atomic mass is 14.5. The molecule has 0 radical (unpaired) electrons. The van der Waals surface area contributed by atoms with Crippen LogP contribution in [-0.2, 0) is 0 Å². The van der Waals surface area contributed by atoms with E-state index < -0.39 is 0 Å². The van der Waals surface area contributed by atoms with Gasteiger partial charge in [0, 0.05) is 23.7 Å². The van der Waals surface area contributed by atoms with Crippen LogP contribution in [0.3, 0.4) is 0 Å². The Bertz CT molecular complexity index is 2810. The highest BCUT2D eigenvalue weighted by Gasteiger charge is 2.52. The predicted molar refractivity (Wildman–Crippen MR) is 229 cm³/mol. The quantitative estimate of drug-likeness (QED) is 0.165. The van der Waals surface area contributed by atoms with E-state index in [0.717, 1.165) is 25.7 Å². The summed E-state index contributed by atoms with van der Waals surface area (Å²) in [5.74, 6) is 1.18. The second kappa shape index (κ2) is 11.8. The van der Waals surface area contributed by atoms with Gasteiger partial charge in [-0.2, -0.15) is 0 Å². The van der Waals surface area contributed by atoms with Crippen LogP contribution in [0.1, 0.15) is 59.4 Å². The van der Waals surface area contributed by atoms with Crippen LogP contribution >= 0.6 is 0 Å². The molecule has 0 fully saturated rings. The first kappa shape index (κ1) is 30.5. The lowest BCUT2D eigenvalue weighted by molar-refractivity contribution is 0.713. The van der Waals surface area contributed by atoms with E-state index in [9.17, 15) is 0 Å². The molecule has 0 spiro atoms. The van der Waals surface area contributed by atoms with E-state index in [1.165, 1.54) is 93.9 Å². The lowest BCUT2D eigenvalue weighted by Gasteiger charge is -2.37. The van der Waals surface area contributed by atoms with Crippen molar-refractivity contribution >= 4 is 43.8 Å². The SMILES string of the molecule is C1=CCC(C2=C3c4ccccc4C4=C(C5=CCCC=C5)C=C5c6c(c(C7C=CC=CC7)c7cc8ccccc8cc7c6-c6ccccc6)C(=C2)C5C43)C=C1. The maximum Gasteiger partial charge on any atom is 0.0221 e. The largest absolute Gasteiger partial charge is 0.0836 e. The minimum Gasteiger partial charge on any atom is -0.0836 e. The van der Waals surface area contributed by atoms with Gasteiger partial charge in [0.2, 0.25) is 0 Å². The number of hydrogen-bond acceptors (Lipinski definition) is 0. The summed E-state index contributed by atoms with van der Waals surface area (Å²) in [6.45, 7) is 0. The van der Waals surface area contributed by atoms with E-state index in [1.807, 2.05) is 0 Å². The van der Waals surface area contributed by atoms with Gasteiger partial charge in [0.1, 0.15) is 0 Å². The van der Waals surface area contributed by atoms with Crippen LogP contribution < -0.4 is 0 Å². The van der Waals surface area contributed by atoms with Crippen LogP contribution in [-0.4, -0.2) is 0 Å². The highest BCUT2D eigenvalue weighted by Crippen LogP contribution is 2.69. The van der Waals surface area contributed by atoms with Gasteiger partial charge in [0.15, 0.2) is 0 Å². The lowest BCUT2D eigenvalue weighted by atomic mass is 9.66. The molecule has 7 aliphatic rings. The molecule has 4 atom stereocenters. The Balaban J connectivity index is 1.28. The molecule has 0 saturated heterocycles. The molecule has 54 heavy (non-hydrogen) atoms. The molecule has 0 bridgehead atoms. The molecule has 0 aliphatic heterocycles. The summed E-state index contributed by atoms with van der Waals surface area (Å²) in [6, 6.07) is 34.7. The fraction of sp³-hybridized carbons (Fsp3) is 0.148. The van der Waals surface area contributed by atoms with Crippen LogP contribution in [0.5, 0.6) is 0 Å². The van der Waals surface area contributed by atoms with Gasteiger partial charge in [-0.25, -0.2) is 0 Å². The van der Waals surface area contributed by atoms with Crippen LogP contribution in [0.2, 0.25) is 0 Å². The Morgan fingerprint density at radius 3 is 1.93 bits per heavy atom. The molecule has 4 unspecified atom stereocenters. The second-order valence-electron chi connectivity index (χ2n) is 16.0. The molecule has 0 heteroatoms. The average molecular weight is 689 g/mol. The van der Waals surface area contributed by atoms with Crippen LogP contribution in [0.15, 0.2) is 187 Å². The van der Waals surface area contributed by atoms with Crippen molar-refractivity contribution in [2.24, 2.45) is 17.8 Å².